The fourth-order valence-electron chi connectivity index (χ4n) is 3.01. The van der Waals surface area contributed by atoms with E-state index in [1.54, 1.807) is 6.07 Å². The maximum Gasteiger partial charge on any atom is 0.138 e. The summed E-state index contributed by atoms with van der Waals surface area (Å²) < 4.78 is 0. The summed E-state index contributed by atoms with van der Waals surface area (Å²) in [5.74, 6) is 0.818. The summed E-state index contributed by atoms with van der Waals surface area (Å²) >= 11 is 0. The van der Waals surface area contributed by atoms with Crippen LogP contribution in [0.4, 0.5) is 0 Å². The molecule has 19 heavy (non-hydrogen) atoms. The summed E-state index contributed by atoms with van der Waals surface area (Å²) in [5, 5.41) is 22.7. The molecule has 1 saturated heterocycles. The second-order valence-corrected chi connectivity index (χ2v) is 5.42. The van der Waals surface area contributed by atoms with Crippen molar-refractivity contribution >= 4 is 0 Å². The van der Waals surface area contributed by atoms with Gasteiger partial charge in [0.15, 0.2) is 0 Å². The molecule has 1 atom stereocenters. The van der Waals surface area contributed by atoms with Gasteiger partial charge in [-0.15, -0.1) is 0 Å². The highest BCUT2D eigenvalue weighted by molar-refractivity contribution is 5.49. The van der Waals surface area contributed by atoms with E-state index in [9.17, 15) is 5.11 Å². The number of hydrogen-bond acceptors (Lipinski definition) is 4. The highest BCUT2D eigenvalue weighted by atomic mass is 16.3. The molecule has 1 heterocycles. The molecule has 0 spiro atoms. The molecule has 3 rings (SSSR count). The second-order valence-electron chi connectivity index (χ2n) is 5.42. The molecule has 1 aromatic carbocycles. The molecule has 2 N–H and O–H groups in total. The molecule has 4 nitrogen and oxygen atoms in total. The van der Waals surface area contributed by atoms with Gasteiger partial charge in [-0.05, 0) is 24.8 Å². The van der Waals surface area contributed by atoms with Gasteiger partial charge in [0.1, 0.15) is 11.8 Å². The Morgan fingerprint density at radius 2 is 2.05 bits per heavy atom. The number of nitrogens with one attached hydrogen (secondary N) is 1. The number of piperazine rings is 1. The minimum atomic E-state index is 0.181. The van der Waals surface area contributed by atoms with Gasteiger partial charge in [0, 0.05) is 37.8 Å². The van der Waals surface area contributed by atoms with E-state index in [-0.39, 0.29) is 11.8 Å². The lowest BCUT2D eigenvalue weighted by Gasteiger charge is -2.35. The first kappa shape index (κ1) is 12.5. The number of para-hydroxylation sites is 1. The molecule has 1 aliphatic carbocycles. The number of nitrogens with zero attached hydrogens (tertiary/aromatic N) is 2. The zero-order valence-electron chi connectivity index (χ0n) is 11.0. The fourth-order valence-corrected chi connectivity index (χ4v) is 3.01. The fraction of sp³-hybridized carbons (Fsp3) is 0.533. The molecule has 2 aliphatic rings. The number of rotatable bonds is 3. The maximum absolute atomic E-state index is 10.3. The van der Waals surface area contributed by atoms with Gasteiger partial charge in [-0.3, -0.25) is 4.90 Å². The number of aromatic hydroxyl groups is 1. The van der Waals surface area contributed by atoms with Crippen LogP contribution in [-0.4, -0.2) is 36.2 Å². The summed E-state index contributed by atoms with van der Waals surface area (Å²) in [6, 6.07) is 7.88. The van der Waals surface area contributed by atoms with Crippen LogP contribution in [0.5, 0.6) is 5.75 Å². The van der Waals surface area contributed by atoms with Crippen LogP contribution in [0.1, 0.15) is 30.0 Å². The summed E-state index contributed by atoms with van der Waals surface area (Å²) in [5.41, 5.74) is 1.32. The van der Waals surface area contributed by atoms with Crippen molar-refractivity contribution in [2.45, 2.75) is 18.9 Å². The lowest BCUT2D eigenvalue weighted by atomic mass is 9.96. The van der Waals surface area contributed by atoms with Gasteiger partial charge in [0.25, 0.3) is 0 Å². The van der Waals surface area contributed by atoms with E-state index >= 15 is 0 Å². The Labute approximate surface area is 113 Å². The zero-order chi connectivity index (χ0) is 13.2. The summed E-state index contributed by atoms with van der Waals surface area (Å²) in [7, 11) is 0. The highest BCUT2D eigenvalue weighted by Crippen LogP contribution is 2.47. The monoisotopic (exact) mass is 257 g/mol. The van der Waals surface area contributed by atoms with Crippen LogP contribution in [-0.2, 0) is 0 Å². The Hall–Kier alpha value is -1.57. The topological polar surface area (TPSA) is 59.3 Å². The number of benzene rings is 1. The molecule has 2 fully saturated rings. The van der Waals surface area contributed by atoms with E-state index in [0.717, 1.165) is 31.7 Å². The van der Waals surface area contributed by atoms with E-state index in [1.807, 2.05) is 12.1 Å². The SMILES string of the molecule is N#Cc1cccc([C@H](C2CC2)N2CCNCC2)c1O. The summed E-state index contributed by atoms with van der Waals surface area (Å²) in [6.45, 7) is 4.03. The molecule has 1 aromatic rings. The Kier molecular flexibility index (Phi) is 3.41. The molecular formula is C15H19N3O. The lowest BCUT2D eigenvalue weighted by molar-refractivity contribution is 0.153. The third-order valence-corrected chi connectivity index (χ3v) is 4.12. The van der Waals surface area contributed by atoms with Crippen molar-refractivity contribution < 1.29 is 5.11 Å². The first-order chi connectivity index (χ1) is 9.31. The van der Waals surface area contributed by atoms with Crippen molar-refractivity contribution in [3.05, 3.63) is 29.3 Å². The van der Waals surface area contributed by atoms with Crippen LogP contribution in [0.2, 0.25) is 0 Å². The Morgan fingerprint density at radius 3 is 2.68 bits per heavy atom. The molecule has 0 bridgehead atoms. The van der Waals surface area contributed by atoms with Crippen LogP contribution in [0, 0.1) is 17.2 Å². The average molecular weight is 257 g/mol. The Morgan fingerprint density at radius 1 is 1.32 bits per heavy atom. The molecule has 0 radical (unpaired) electrons. The van der Waals surface area contributed by atoms with Gasteiger partial charge in [-0.25, -0.2) is 0 Å². The van der Waals surface area contributed by atoms with Crippen molar-refractivity contribution in [3.8, 4) is 11.8 Å². The minimum absolute atomic E-state index is 0.181. The van der Waals surface area contributed by atoms with E-state index in [1.165, 1.54) is 12.8 Å². The van der Waals surface area contributed by atoms with Crippen LogP contribution >= 0.6 is 0 Å². The molecular weight excluding hydrogens is 238 g/mol. The largest absolute Gasteiger partial charge is 0.506 e. The number of phenols is 1. The number of hydrogen-bond donors (Lipinski definition) is 2. The van der Waals surface area contributed by atoms with Crippen LogP contribution in [0.25, 0.3) is 0 Å². The highest BCUT2D eigenvalue weighted by Gasteiger charge is 2.38. The lowest BCUT2D eigenvalue weighted by Crippen LogP contribution is -2.45. The number of phenolic OH excluding ortho intramolecular Hbond substituents is 1. The van der Waals surface area contributed by atoms with E-state index < -0.39 is 0 Å². The quantitative estimate of drug-likeness (QED) is 0.864. The zero-order valence-corrected chi connectivity index (χ0v) is 11.0. The standard InChI is InChI=1S/C15H19N3O/c16-10-12-2-1-3-13(15(12)19)14(11-4-5-11)18-8-6-17-7-9-18/h1-3,11,14,17,19H,4-9H2/t14-/m0/s1. The van der Waals surface area contributed by atoms with Crippen LogP contribution in [0.3, 0.4) is 0 Å². The van der Waals surface area contributed by atoms with Crippen molar-refractivity contribution in [3.63, 3.8) is 0 Å². The van der Waals surface area contributed by atoms with Crippen molar-refractivity contribution in [2.24, 2.45) is 5.92 Å². The Balaban J connectivity index is 1.94. The van der Waals surface area contributed by atoms with Crippen molar-refractivity contribution in [2.75, 3.05) is 26.2 Å². The van der Waals surface area contributed by atoms with Gasteiger partial charge < -0.3 is 10.4 Å². The van der Waals surface area contributed by atoms with E-state index in [4.69, 9.17) is 5.26 Å². The van der Waals surface area contributed by atoms with Gasteiger partial charge in [-0.1, -0.05) is 12.1 Å². The average Bonchev–Trinajstić information content (AvgIpc) is 3.27. The first-order valence-electron chi connectivity index (χ1n) is 6.98. The van der Waals surface area contributed by atoms with E-state index in [2.05, 4.69) is 16.3 Å². The molecule has 4 heteroatoms. The predicted octanol–water partition coefficient (Wildman–Crippen LogP) is 1.62. The molecule has 0 aromatic heterocycles. The third-order valence-electron chi connectivity index (χ3n) is 4.12. The molecule has 100 valence electrons. The molecule has 0 amide bonds. The van der Waals surface area contributed by atoms with Gasteiger partial charge >= 0.3 is 0 Å². The Bertz CT molecular complexity index is 499. The van der Waals surface area contributed by atoms with Crippen LogP contribution < -0.4 is 5.32 Å². The predicted molar refractivity (Wildman–Crippen MR) is 72.7 cm³/mol. The normalized spacial score (nSPS) is 21.8. The smallest absolute Gasteiger partial charge is 0.138 e. The molecule has 0 unspecified atom stereocenters. The maximum atomic E-state index is 10.3. The summed E-state index contributed by atoms with van der Waals surface area (Å²) in [4.78, 5) is 2.45. The van der Waals surface area contributed by atoms with Crippen molar-refractivity contribution in [1.29, 1.82) is 5.26 Å². The molecule has 1 saturated carbocycles. The van der Waals surface area contributed by atoms with E-state index in [0.29, 0.717) is 11.5 Å². The van der Waals surface area contributed by atoms with Crippen LogP contribution in [0.15, 0.2) is 18.2 Å². The molecule has 1 aliphatic heterocycles. The van der Waals surface area contributed by atoms with Crippen molar-refractivity contribution in [1.82, 2.24) is 10.2 Å². The first-order valence-corrected chi connectivity index (χ1v) is 6.98. The van der Waals surface area contributed by atoms with Gasteiger partial charge in [-0.2, -0.15) is 5.26 Å². The second kappa shape index (κ2) is 5.20. The third kappa shape index (κ3) is 2.44. The van der Waals surface area contributed by atoms with Gasteiger partial charge in [0.2, 0.25) is 0 Å². The van der Waals surface area contributed by atoms with Gasteiger partial charge in [0.05, 0.1) is 5.56 Å². The summed E-state index contributed by atoms with van der Waals surface area (Å²) in [6.07, 6.45) is 2.45. The number of nitriles is 1. The minimum Gasteiger partial charge on any atom is -0.506 e.